The number of hydrogen-bond donors (Lipinski definition) is 1. The predicted molar refractivity (Wildman–Crippen MR) is 83.6 cm³/mol. The van der Waals surface area contributed by atoms with Crippen LogP contribution < -0.4 is 11.0 Å². The van der Waals surface area contributed by atoms with E-state index in [0.717, 1.165) is 17.8 Å². The number of rotatable bonds is 5. The monoisotopic (exact) mass is 258 g/mol. The highest BCUT2D eigenvalue weighted by atomic mass is 15.6. The van der Waals surface area contributed by atoms with Gasteiger partial charge in [-0.05, 0) is 50.5 Å². The van der Waals surface area contributed by atoms with Gasteiger partial charge < -0.3 is 0 Å². The number of allylic oxidation sites excluding steroid dienone is 2. The Morgan fingerprint density at radius 3 is 2.63 bits per heavy atom. The Bertz CT molecular complexity index is 501. The van der Waals surface area contributed by atoms with Gasteiger partial charge >= 0.3 is 0 Å². The minimum absolute atomic E-state index is 0.810. The van der Waals surface area contributed by atoms with Gasteiger partial charge in [-0.15, -0.1) is 0 Å². The largest absolute Gasteiger partial charge is 0.260 e. The van der Waals surface area contributed by atoms with Gasteiger partial charge in [0.15, 0.2) is 0 Å². The molecule has 19 heavy (non-hydrogen) atoms. The first kappa shape index (κ1) is 15.1. The molecule has 0 aromatic heterocycles. The highest BCUT2D eigenvalue weighted by molar-refractivity contribution is 5.81. The SMILES string of the molecule is CC=NC(=C\CC)/C=N/N(N)c1ccc(C)c(C)c1. The summed E-state index contributed by atoms with van der Waals surface area (Å²) >= 11 is 0. The molecule has 0 saturated heterocycles. The van der Waals surface area contributed by atoms with Gasteiger partial charge in [-0.1, -0.05) is 19.1 Å². The van der Waals surface area contributed by atoms with Crippen molar-refractivity contribution in [1.29, 1.82) is 0 Å². The lowest BCUT2D eigenvalue weighted by Gasteiger charge is -2.13. The normalized spacial score (nSPS) is 12.6. The van der Waals surface area contributed by atoms with Crippen LogP contribution in [0, 0.1) is 13.8 Å². The zero-order valence-electron chi connectivity index (χ0n) is 12.1. The van der Waals surface area contributed by atoms with Crippen molar-refractivity contribution in [3.63, 3.8) is 0 Å². The topological polar surface area (TPSA) is 54.0 Å². The van der Waals surface area contributed by atoms with E-state index in [9.17, 15) is 0 Å². The van der Waals surface area contributed by atoms with Gasteiger partial charge in [0.1, 0.15) is 0 Å². The summed E-state index contributed by atoms with van der Waals surface area (Å²) in [6, 6.07) is 6.00. The molecule has 4 nitrogen and oxygen atoms in total. The average molecular weight is 258 g/mol. The lowest BCUT2D eigenvalue weighted by Crippen LogP contribution is -2.24. The maximum absolute atomic E-state index is 5.91. The summed E-state index contributed by atoms with van der Waals surface area (Å²) in [6.07, 6.45) is 6.31. The Kier molecular flexibility index (Phi) is 5.96. The molecule has 0 amide bonds. The van der Waals surface area contributed by atoms with Crippen molar-refractivity contribution in [3.05, 3.63) is 41.1 Å². The number of anilines is 1. The summed E-state index contributed by atoms with van der Waals surface area (Å²) < 4.78 is 0. The van der Waals surface area contributed by atoms with Crippen molar-refractivity contribution < 1.29 is 0 Å². The molecule has 0 saturated carbocycles. The van der Waals surface area contributed by atoms with Crippen LogP contribution in [0.3, 0.4) is 0 Å². The van der Waals surface area contributed by atoms with Gasteiger partial charge in [0.2, 0.25) is 0 Å². The van der Waals surface area contributed by atoms with Gasteiger partial charge in [-0.25, -0.2) is 5.84 Å². The summed E-state index contributed by atoms with van der Waals surface area (Å²) in [7, 11) is 0. The lowest BCUT2D eigenvalue weighted by atomic mass is 10.1. The molecule has 0 spiro atoms. The third-order valence-corrected chi connectivity index (χ3v) is 2.76. The summed E-state index contributed by atoms with van der Waals surface area (Å²) in [6.45, 7) is 8.06. The van der Waals surface area contributed by atoms with E-state index >= 15 is 0 Å². The second-order valence-corrected chi connectivity index (χ2v) is 4.28. The van der Waals surface area contributed by atoms with E-state index in [1.165, 1.54) is 16.2 Å². The van der Waals surface area contributed by atoms with E-state index in [4.69, 9.17) is 5.84 Å². The maximum atomic E-state index is 5.91. The van der Waals surface area contributed by atoms with Crippen LogP contribution in [0.4, 0.5) is 5.69 Å². The van der Waals surface area contributed by atoms with Crippen molar-refractivity contribution >= 4 is 18.1 Å². The summed E-state index contributed by atoms with van der Waals surface area (Å²) in [4.78, 5) is 4.22. The van der Waals surface area contributed by atoms with Crippen molar-refractivity contribution in [2.75, 3.05) is 5.12 Å². The van der Waals surface area contributed by atoms with Gasteiger partial charge in [-0.2, -0.15) is 10.2 Å². The molecule has 4 heteroatoms. The van der Waals surface area contributed by atoms with Crippen molar-refractivity contribution in [1.82, 2.24) is 0 Å². The molecular formula is C15H22N4. The molecular weight excluding hydrogens is 236 g/mol. The van der Waals surface area contributed by atoms with Crippen molar-refractivity contribution in [2.24, 2.45) is 15.9 Å². The minimum Gasteiger partial charge on any atom is -0.260 e. The molecule has 2 N–H and O–H groups in total. The molecule has 0 aliphatic carbocycles. The van der Waals surface area contributed by atoms with E-state index in [1.807, 2.05) is 31.2 Å². The molecule has 0 atom stereocenters. The zero-order chi connectivity index (χ0) is 14.3. The number of aliphatic imine (C=N–C) groups is 1. The Balaban J connectivity index is 2.85. The van der Waals surface area contributed by atoms with Gasteiger partial charge in [-0.3, -0.25) is 4.99 Å². The lowest BCUT2D eigenvalue weighted by molar-refractivity contribution is 0.927. The number of nitrogens with two attached hydrogens (primary N) is 1. The Hall–Kier alpha value is -1.94. The molecule has 0 heterocycles. The summed E-state index contributed by atoms with van der Waals surface area (Å²) in [5.41, 5.74) is 4.10. The molecule has 0 unspecified atom stereocenters. The third-order valence-electron chi connectivity index (χ3n) is 2.76. The number of nitrogens with zero attached hydrogens (tertiary/aromatic N) is 3. The van der Waals surface area contributed by atoms with Crippen LogP contribution in [0.15, 0.2) is 40.1 Å². The van der Waals surface area contributed by atoms with E-state index in [1.54, 1.807) is 12.4 Å². The van der Waals surface area contributed by atoms with Crippen LogP contribution in [-0.2, 0) is 0 Å². The molecule has 1 aromatic rings. The van der Waals surface area contributed by atoms with Crippen LogP contribution in [-0.4, -0.2) is 12.4 Å². The standard InChI is InChI=1S/C15H22N4/c1-5-7-14(17-6-2)11-18-19(16)15-9-8-12(3)13(4)10-15/h6-11H,5,16H2,1-4H3/b14-7-,17-6?,18-11+. The van der Waals surface area contributed by atoms with Gasteiger partial charge in [0.25, 0.3) is 0 Å². The molecule has 0 radical (unpaired) electrons. The second kappa shape index (κ2) is 7.48. The van der Waals surface area contributed by atoms with Crippen molar-refractivity contribution in [3.8, 4) is 0 Å². The first-order valence-electron chi connectivity index (χ1n) is 6.43. The highest BCUT2D eigenvalue weighted by Crippen LogP contribution is 2.16. The van der Waals surface area contributed by atoms with E-state index < -0.39 is 0 Å². The first-order chi connectivity index (χ1) is 9.08. The second-order valence-electron chi connectivity index (χ2n) is 4.28. The number of hydrogen-bond acceptors (Lipinski definition) is 4. The van der Waals surface area contributed by atoms with Crippen molar-refractivity contribution in [2.45, 2.75) is 34.1 Å². The number of hydrazine groups is 1. The fraction of sp³-hybridized carbons (Fsp3) is 0.333. The molecule has 1 rings (SSSR count). The Morgan fingerprint density at radius 1 is 1.32 bits per heavy atom. The smallest absolute Gasteiger partial charge is 0.0786 e. The van der Waals surface area contributed by atoms with Gasteiger partial charge in [0, 0.05) is 6.21 Å². The number of hydrazone groups is 1. The molecule has 0 aliphatic rings. The van der Waals surface area contributed by atoms with Crippen LogP contribution in [0.5, 0.6) is 0 Å². The fourth-order valence-corrected chi connectivity index (χ4v) is 1.55. The van der Waals surface area contributed by atoms with E-state index in [-0.39, 0.29) is 0 Å². The fourth-order valence-electron chi connectivity index (χ4n) is 1.55. The summed E-state index contributed by atoms with van der Waals surface area (Å²) in [5, 5.41) is 5.57. The minimum atomic E-state index is 0.810. The Morgan fingerprint density at radius 2 is 2.05 bits per heavy atom. The molecule has 1 aromatic carbocycles. The molecule has 102 valence electrons. The predicted octanol–water partition coefficient (Wildman–Crippen LogP) is 3.35. The van der Waals surface area contributed by atoms with Crippen LogP contribution in [0.2, 0.25) is 0 Å². The van der Waals surface area contributed by atoms with Gasteiger partial charge in [0.05, 0.1) is 17.6 Å². The maximum Gasteiger partial charge on any atom is 0.0786 e. The average Bonchev–Trinajstić information content (AvgIpc) is 2.39. The summed E-state index contributed by atoms with van der Waals surface area (Å²) in [5.74, 6) is 5.91. The first-order valence-corrected chi connectivity index (χ1v) is 6.43. The van der Waals surface area contributed by atoms with Crippen LogP contribution in [0.25, 0.3) is 0 Å². The quantitative estimate of drug-likeness (QED) is 0.500. The van der Waals surface area contributed by atoms with Crippen LogP contribution in [0.1, 0.15) is 31.4 Å². The molecule has 0 fully saturated rings. The third kappa shape index (κ3) is 4.67. The molecule has 0 aliphatic heterocycles. The zero-order valence-corrected chi connectivity index (χ0v) is 12.1. The highest BCUT2D eigenvalue weighted by Gasteiger charge is 2.01. The Labute approximate surface area is 115 Å². The number of aryl methyl sites for hydroxylation is 2. The van der Waals surface area contributed by atoms with E-state index in [0.29, 0.717) is 0 Å². The van der Waals surface area contributed by atoms with E-state index in [2.05, 4.69) is 30.9 Å². The van der Waals surface area contributed by atoms with Crippen LogP contribution >= 0.6 is 0 Å². The number of benzene rings is 1. The molecule has 0 bridgehead atoms.